The Balaban J connectivity index is 2.01. The van der Waals surface area contributed by atoms with Crippen LogP contribution in [0.3, 0.4) is 0 Å². The molecule has 0 unspecified atom stereocenters. The summed E-state index contributed by atoms with van der Waals surface area (Å²) in [5.41, 5.74) is 9.71. The van der Waals surface area contributed by atoms with Gasteiger partial charge in [-0.15, -0.1) is 0 Å². The quantitative estimate of drug-likeness (QED) is 0.580. The molecule has 0 amide bonds. The van der Waals surface area contributed by atoms with Crippen molar-refractivity contribution in [2.45, 2.75) is 6.92 Å². The third-order valence-electron chi connectivity index (χ3n) is 4.22. The zero-order valence-electron chi connectivity index (χ0n) is 14.4. The number of aromatic nitrogens is 3. The topological polar surface area (TPSA) is 88.5 Å². The molecule has 0 fully saturated rings. The van der Waals surface area contributed by atoms with Crippen molar-refractivity contribution in [2.75, 3.05) is 5.73 Å². The van der Waals surface area contributed by atoms with Crippen molar-refractivity contribution in [1.29, 1.82) is 5.26 Å². The highest BCUT2D eigenvalue weighted by Gasteiger charge is 2.17. The first-order chi connectivity index (χ1) is 13.0. The molecular weight excluding hydrogens is 341 g/mol. The number of pyridine rings is 1. The SMILES string of the molecule is Cc1cc(F)cc(-c2nc(N)c(C#N)nc2-c2ccc3ncccc3c2)c1. The number of nitrogens with zero attached hydrogens (tertiary/aromatic N) is 4. The smallest absolute Gasteiger partial charge is 0.183 e. The van der Waals surface area contributed by atoms with Gasteiger partial charge < -0.3 is 5.73 Å². The molecule has 130 valence electrons. The van der Waals surface area contributed by atoms with E-state index in [0.717, 1.165) is 22.0 Å². The molecule has 5 nitrogen and oxygen atoms in total. The number of nitrogen functional groups attached to an aromatic ring is 1. The summed E-state index contributed by atoms with van der Waals surface area (Å²) in [5.74, 6) is -0.357. The van der Waals surface area contributed by atoms with Crippen LogP contribution in [0.25, 0.3) is 33.4 Å². The Morgan fingerprint density at radius 2 is 1.81 bits per heavy atom. The van der Waals surface area contributed by atoms with Crippen LogP contribution < -0.4 is 5.73 Å². The Hall–Kier alpha value is -3.85. The Morgan fingerprint density at radius 3 is 2.59 bits per heavy atom. The number of hydrogen-bond donors (Lipinski definition) is 1. The first-order valence-electron chi connectivity index (χ1n) is 8.25. The van der Waals surface area contributed by atoms with E-state index in [1.807, 2.05) is 42.5 Å². The van der Waals surface area contributed by atoms with Crippen LogP contribution in [0.5, 0.6) is 0 Å². The lowest BCUT2D eigenvalue weighted by molar-refractivity contribution is 0.627. The monoisotopic (exact) mass is 355 g/mol. The van der Waals surface area contributed by atoms with E-state index < -0.39 is 0 Å². The van der Waals surface area contributed by atoms with E-state index in [4.69, 9.17) is 5.73 Å². The fraction of sp³-hybridized carbons (Fsp3) is 0.0476. The molecule has 0 saturated carbocycles. The number of hydrogen-bond acceptors (Lipinski definition) is 5. The van der Waals surface area contributed by atoms with Gasteiger partial charge in [0.05, 0.1) is 16.9 Å². The summed E-state index contributed by atoms with van der Waals surface area (Å²) in [6, 6.07) is 16.0. The van der Waals surface area contributed by atoms with Gasteiger partial charge in [0.15, 0.2) is 11.5 Å². The molecule has 2 aromatic carbocycles. The largest absolute Gasteiger partial charge is 0.381 e. The lowest BCUT2D eigenvalue weighted by atomic mass is 10.0. The maximum Gasteiger partial charge on any atom is 0.183 e. The van der Waals surface area contributed by atoms with Gasteiger partial charge in [-0.25, -0.2) is 14.4 Å². The first-order valence-corrected chi connectivity index (χ1v) is 8.25. The second-order valence-corrected chi connectivity index (χ2v) is 6.19. The maximum absolute atomic E-state index is 14.0. The molecule has 2 N–H and O–H groups in total. The van der Waals surface area contributed by atoms with Crippen molar-refractivity contribution in [1.82, 2.24) is 15.0 Å². The van der Waals surface area contributed by atoms with Crippen LogP contribution in [0.15, 0.2) is 54.7 Å². The van der Waals surface area contributed by atoms with Crippen LogP contribution in [0, 0.1) is 24.1 Å². The number of fused-ring (bicyclic) bond motifs is 1. The summed E-state index contributed by atoms with van der Waals surface area (Å²) in [6.45, 7) is 1.80. The van der Waals surface area contributed by atoms with Crippen LogP contribution in [-0.2, 0) is 0 Å². The number of halogens is 1. The number of nitrogens with two attached hydrogens (primary N) is 1. The van der Waals surface area contributed by atoms with E-state index in [0.29, 0.717) is 17.0 Å². The Labute approximate surface area is 155 Å². The minimum absolute atomic E-state index is 0.0145. The van der Waals surface area contributed by atoms with Crippen molar-refractivity contribution < 1.29 is 4.39 Å². The van der Waals surface area contributed by atoms with Crippen molar-refractivity contribution in [3.8, 4) is 28.6 Å². The minimum atomic E-state index is -0.372. The summed E-state index contributed by atoms with van der Waals surface area (Å²) in [5, 5.41) is 10.2. The second kappa shape index (κ2) is 6.46. The summed E-state index contributed by atoms with van der Waals surface area (Å²) in [4.78, 5) is 13.1. The Bertz CT molecular complexity index is 1210. The first kappa shape index (κ1) is 16.6. The van der Waals surface area contributed by atoms with Crippen LogP contribution in [-0.4, -0.2) is 15.0 Å². The van der Waals surface area contributed by atoms with Gasteiger partial charge in [0, 0.05) is 22.7 Å². The minimum Gasteiger partial charge on any atom is -0.381 e. The summed E-state index contributed by atoms with van der Waals surface area (Å²) in [7, 11) is 0. The number of nitriles is 1. The third kappa shape index (κ3) is 3.07. The molecule has 2 aromatic heterocycles. The second-order valence-electron chi connectivity index (χ2n) is 6.19. The molecule has 0 spiro atoms. The molecule has 0 saturated heterocycles. The molecule has 0 aliphatic heterocycles. The summed E-state index contributed by atoms with van der Waals surface area (Å²) < 4.78 is 14.0. The fourth-order valence-corrected chi connectivity index (χ4v) is 3.03. The Morgan fingerprint density at radius 1 is 1.00 bits per heavy atom. The highest BCUT2D eigenvalue weighted by molar-refractivity contribution is 5.87. The normalized spacial score (nSPS) is 10.7. The molecule has 0 aliphatic carbocycles. The summed E-state index contributed by atoms with van der Waals surface area (Å²) >= 11 is 0. The Kier molecular flexibility index (Phi) is 3.98. The average Bonchev–Trinajstić information content (AvgIpc) is 2.66. The van der Waals surface area contributed by atoms with E-state index in [1.165, 1.54) is 12.1 Å². The van der Waals surface area contributed by atoms with Crippen LogP contribution in [0.4, 0.5) is 10.2 Å². The highest BCUT2D eigenvalue weighted by atomic mass is 19.1. The number of rotatable bonds is 2. The van der Waals surface area contributed by atoms with Crippen molar-refractivity contribution >= 4 is 16.7 Å². The van der Waals surface area contributed by atoms with Crippen molar-refractivity contribution in [3.63, 3.8) is 0 Å². The molecule has 0 radical (unpaired) electrons. The molecule has 2 heterocycles. The fourth-order valence-electron chi connectivity index (χ4n) is 3.03. The highest BCUT2D eigenvalue weighted by Crippen LogP contribution is 2.32. The lowest BCUT2D eigenvalue weighted by Gasteiger charge is -2.12. The van der Waals surface area contributed by atoms with Gasteiger partial charge in [0.2, 0.25) is 0 Å². The zero-order chi connectivity index (χ0) is 19.0. The van der Waals surface area contributed by atoms with Crippen LogP contribution in [0.2, 0.25) is 0 Å². The number of benzene rings is 2. The molecule has 4 aromatic rings. The average molecular weight is 355 g/mol. The predicted octanol–water partition coefficient (Wildman–Crippen LogP) is 4.26. The molecule has 0 atom stereocenters. The number of aryl methyl sites for hydroxylation is 1. The molecule has 0 aliphatic rings. The summed E-state index contributed by atoms with van der Waals surface area (Å²) in [6.07, 6.45) is 1.72. The molecule has 6 heteroatoms. The van der Waals surface area contributed by atoms with Gasteiger partial charge in [-0.2, -0.15) is 5.26 Å². The van der Waals surface area contributed by atoms with E-state index in [1.54, 1.807) is 13.1 Å². The van der Waals surface area contributed by atoms with Gasteiger partial charge in [-0.3, -0.25) is 4.98 Å². The number of anilines is 1. The van der Waals surface area contributed by atoms with Gasteiger partial charge in [0.1, 0.15) is 11.9 Å². The standard InChI is InChI=1S/C21H14FN5/c1-12-7-15(10-16(22)8-12)20-19(26-18(11-23)21(24)27-20)14-4-5-17-13(9-14)3-2-6-25-17/h2-10H,1H3,(H2,24,27). The van der Waals surface area contributed by atoms with Crippen LogP contribution in [0.1, 0.15) is 11.3 Å². The van der Waals surface area contributed by atoms with E-state index in [2.05, 4.69) is 15.0 Å². The van der Waals surface area contributed by atoms with Crippen molar-refractivity contribution in [3.05, 3.63) is 71.8 Å². The van der Waals surface area contributed by atoms with Gasteiger partial charge in [0.25, 0.3) is 0 Å². The van der Waals surface area contributed by atoms with Gasteiger partial charge in [-0.1, -0.05) is 12.1 Å². The predicted molar refractivity (Wildman–Crippen MR) is 102 cm³/mol. The van der Waals surface area contributed by atoms with Crippen molar-refractivity contribution in [2.24, 2.45) is 0 Å². The molecule has 27 heavy (non-hydrogen) atoms. The van der Waals surface area contributed by atoms with Gasteiger partial charge >= 0.3 is 0 Å². The third-order valence-corrected chi connectivity index (χ3v) is 4.22. The lowest BCUT2D eigenvalue weighted by Crippen LogP contribution is -2.03. The van der Waals surface area contributed by atoms with E-state index >= 15 is 0 Å². The molecule has 4 rings (SSSR count). The molecule has 0 bridgehead atoms. The van der Waals surface area contributed by atoms with Crippen LogP contribution >= 0.6 is 0 Å². The maximum atomic E-state index is 14.0. The molecular formula is C21H14FN5. The van der Waals surface area contributed by atoms with E-state index in [-0.39, 0.29) is 17.3 Å². The van der Waals surface area contributed by atoms with E-state index in [9.17, 15) is 9.65 Å². The van der Waals surface area contributed by atoms with Gasteiger partial charge in [-0.05, 0) is 48.9 Å². The zero-order valence-corrected chi connectivity index (χ0v) is 14.4.